The number of urea groups is 1. The van der Waals surface area contributed by atoms with E-state index in [4.69, 9.17) is 13.3 Å². The van der Waals surface area contributed by atoms with Crippen LogP contribution >= 0.6 is 0 Å². The van der Waals surface area contributed by atoms with E-state index in [1.165, 1.54) is 14.0 Å². The van der Waals surface area contributed by atoms with Gasteiger partial charge in [0.25, 0.3) is 0 Å². The lowest BCUT2D eigenvalue weighted by Gasteiger charge is -2.23. The molecule has 8 nitrogen and oxygen atoms in total. The normalized spacial score (nSPS) is 11.0. The van der Waals surface area contributed by atoms with Crippen molar-refractivity contribution in [1.29, 1.82) is 0 Å². The number of para-hydroxylation sites is 2. The molecule has 1 aromatic heterocycles. The first-order chi connectivity index (χ1) is 14.9. The highest BCUT2D eigenvalue weighted by Gasteiger charge is 2.18. The lowest BCUT2D eigenvalue weighted by atomic mass is 10.2. The second kappa shape index (κ2) is 10.0. The van der Waals surface area contributed by atoms with Crippen LogP contribution in [0, 0.1) is 0 Å². The third-order valence-corrected chi connectivity index (χ3v) is 5.59. The van der Waals surface area contributed by atoms with Gasteiger partial charge >= 0.3 is 16.1 Å². The molecule has 0 aliphatic carbocycles. The molecular weight excluding hydrogens is 420 g/mol. The molecule has 2 aromatic carbocycles. The summed E-state index contributed by atoms with van der Waals surface area (Å²) in [6.45, 7) is 2.02. The van der Waals surface area contributed by atoms with E-state index in [2.05, 4.69) is 5.32 Å². The maximum atomic E-state index is 13.0. The van der Waals surface area contributed by atoms with Gasteiger partial charge in [0.2, 0.25) is 0 Å². The molecule has 0 spiro atoms. The van der Waals surface area contributed by atoms with Gasteiger partial charge in [-0.2, -0.15) is 8.42 Å². The number of anilines is 1. The molecule has 3 rings (SSSR count). The van der Waals surface area contributed by atoms with Crippen LogP contribution in [0.2, 0.25) is 0 Å². The predicted octanol–water partition coefficient (Wildman–Crippen LogP) is 4.25. The number of carbonyl (C=O) groups excluding carboxylic acids is 1. The number of ether oxygens (including phenoxy) is 1. The number of rotatable bonds is 9. The average molecular weight is 445 g/mol. The highest BCUT2D eigenvalue weighted by molar-refractivity contribution is 7.87. The number of nitrogens with one attached hydrogen (secondary N) is 1. The van der Waals surface area contributed by atoms with Crippen LogP contribution in [0.15, 0.2) is 71.3 Å². The summed E-state index contributed by atoms with van der Waals surface area (Å²) in [6.07, 6.45) is 1.55. The first-order valence-electron chi connectivity index (χ1n) is 9.62. The van der Waals surface area contributed by atoms with Gasteiger partial charge in [0.1, 0.15) is 17.3 Å². The zero-order chi connectivity index (χ0) is 22.3. The number of furan rings is 1. The predicted molar refractivity (Wildman–Crippen MR) is 116 cm³/mol. The Hall–Kier alpha value is -3.46. The first-order valence-corrected chi connectivity index (χ1v) is 11.2. The third kappa shape index (κ3) is 6.26. The highest BCUT2D eigenvalue weighted by atomic mass is 32.2. The molecule has 164 valence electrons. The van der Waals surface area contributed by atoms with Crippen molar-refractivity contribution in [2.24, 2.45) is 0 Å². The fourth-order valence-corrected chi connectivity index (χ4v) is 3.33. The molecule has 1 N–H and O–H groups in total. The minimum atomic E-state index is -3.60. The summed E-state index contributed by atoms with van der Waals surface area (Å²) in [7, 11) is -2.06. The lowest BCUT2D eigenvalue weighted by molar-refractivity contribution is 0.201. The average Bonchev–Trinajstić information content (AvgIpc) is 3.28. The van der Waals surface area contributed by atoms with Gasteiger partial charge < -0.3 is 23.6 Å². The number of carbonyl (C=O) groups is 1. The number of benzene rings is 2. The smallest absolute Gasteiger partial charge is 0.322 e. The topological polar surface area (TPSA) is 98.1 Å². The van der Waals surface area contributed by atoms with E-state index in [1.807, 2.05) is 6.07 Å². The largest absolute Gasteiger partial charge is 0.495 e. The van der Waals surface area contributed by atoms with Gasteiger partial charge in [0, 0.05) is 6.54 Å². The van der Waals surface area contributed by atoms with Gasteiger partial charge in [-0.15, -0.1) is 0 Å². The molecule has 1 heterocycles. The summed E-state index contributed by atoms with van der Waals surface area (Å²) in [4.78, 5) is 14.6. The van der Waals surface area contributed by atoms with Gasteiger partial charge in [0.15, 0.2) is 0 Å². The quantitative estimate of drug-likeness (QED) is 0.496. The summed E-state index contributed by atoms with van der Waals surface area (Å²) >= 11 is 0. The Morgan fingerprint density at radius 2 is 1.77 bits per heavy atom. The van der Waals surface area contributed by atoms with E-state index in [1.54, 1.807) is 65.8 Å². The summed E-state index contributed by atoms with van der Waals surface area (Å²) in [5.41, 5.74) is 1.34. The molecule has 3 aromatic rings. The molecule has 0 atom stereocenters. The van der Waals surface area contributed by atoms with Crippen molar-refractivity contribution < 1.29 is 26.5 Å². The second-order valence-electron chi connectivity index (χ2n) is 6.64. The van der Waals surface area contributed by atoms with Crippen molar-refractivity contribution in [2.45, 2.75) is 20.0 Å². The van der Waals surface area contributed by atoms with E-state index < -0.39 is 10.1 Å². The fourth-order valence-electron chi connectivity index (χ4n) is 2.81. The maximum Gasteiger partial charge on any atom is 0.322 e. The van der Waals surface area contributed by atoms with Gasteiger partial charge in [-0.25, -0.2) is 4.79 Å². The van der Waals surface area contributed by atoms with Crippen molar-refractivity contribution in [3.8, 4) is 11.5 Å². The molecular formula is C22H24N2O6S. The molecule has 0 saturated heterocycles. The summed E-state index contributed by atoms with van der Waals surface area (Å²) in [5.74, 6) is 1.28. The standard InChI is InChI=1S/C22H24N2O6S/c1-3-31(26,27)30-18-12-10-17(11-13-18)15-24(16-19-7-6-14-29-19)22(25)23-20-8-4-5-9-21(20)28-2/h4-14H,3,15-16H2,1-2H3,(H,23,25). The maximum absolute atomic E-state index is 13.0. The van der Waals surface area contributed by atoms with E-state index in [9.17, 15) is 13.2 Å². The molecule has 0 unspecified atom stereocenters. The van der Waals surface area contributed by atoms with Gasteiger partial charge in [-0.05, 0) is 48.9 Å². The van der Waals surface area contributed by atoms with Crippen molar-refractivity contribution in [3.63, 3.8) is 0 Å². The second-order valence-corrected chi connectivity index (χ2v) is 8.50. The SMILES string of the molecule is CCS(=O)(=O)Oc1ccc(CN(Cc2ccco2)C(=O)Nc2ccccc2OC)cc1. The Morgan fingerprint density at radius 1 is 1.03 bits per heavy atom. The van der Waals surface area contributed by atoms with Crippen molar-refractivity contribution in [2.75, 3.05) is 18.2 Å². The molecule has 0 radical (unpaired) electrons. The zero-order valence-electron chi connectivity index (χ0n) is 17.3. The van der Waals surface area contributed by atoms with Crippen LogP contribution in [0.5, 0.6) is 11.5 Å². The number of nitrogens with zero attached hydrogens (tertiary/aromatic N) is 1. The highest BCUT2D eigenvalue weighted by Crippen LogP contribution is 2.24. The third-order valence-electron chi connectivity index (χ3n) is 4.44. The van der Waals surface area contributed by atoms with Crippen LogP contribution in [0.25, 0.3) is 0 Å². The number of hydrogen-bond donors (Lipinski definition) is 1. The summed E-state index contributed by atoms with van der Waals surface area (Å²) in [5, 5.41) is 2.86. The Bertz CT molecular complexity index is 1100. The minimum Gasteiger partial charge on any atom is -0.495 e. The minimum absolute atomic E-state index is 0.116. The van der Waals surface area contributed by atoms with Gasteiger partial charge in [0.05, 0.1) is 31.4 Å². The Balaban J connectivity index is 1.76. The van der Waals surface area contributed by atoms with Crippen LogP contribution in [-0.4, -0.2) is 32.2 Å². The monoisotopic (exact) mass is 444 g/mol. The Kier molecular flexibility index (Phi) is 7.19. The van der Waals surface area contributed by atoms with Gasteiger partial charge in [-0.3, -0.25) is 0 Å². The molecule has 0 fully saturated rings. The fraction of sp³-hybridized carbons (Fsp3) is 0.227. The van der Waals surface area contributed by atoms with E-state index in [0.29, 0.717) is 17.2 Å². The summed E-state index contributed by atoms with van der Waals surface area (Å²) < 4.78 is 38.9. The zero-order valence-corrected chi connectivity index (χ0v) is 18.1. The van der Waals surface area contributed by atoms with Crippen molar-refractivity contribution >= 4 is 21.8 Å². The number of amides is 2. The van der Waals surface area contributed by atoms with Crippen molar-refractivity contribution in [3.05, 3.63) is 78.3 Å². The molecule has 0 aliphatic heterocycles. The van der Waals surface area contributed by atoms with Gasteiger partial charge in [-0.1, -0.05) is 24.3 Å². The van der Waals surface area contributed by atoms with E-state index in [0.717, 1.165) is 5.56 Å². The Labute approximate surface area is 181 Å². The van der Waals surface area contributed by atoms with E-state index in [-0.39, 0.29) is 30.6 Å². The molecule has 2 amide bonds. The lowest BCUT2D eigenvalue weighted by Crippen LogP contribution is -2.34. The molecule has 0 saturated carbocycles. The van der Waals surface area contributed by atoms with Crippen LogP contribution in [-0.2, 0) is 23.2 Å². The number of methoxy groups -OCH3 is 1. The number of hydrogen-bond acceptors (Lipinski definition) is 6. The molecule has 0 aliphatic rings. The first kappa shape index (κ1) is 22.2. The van der Waals surface area contributed by atoms with Crippen LogP contribution < -0.4 is 14.2 Å². The van der Waals surface area contributed by atoms with Crippen LogP contribution in [0.1, 0.15) is 18.2 Å². The molecule has 9 heteroatoms. The van der Waals surface area contributed by atoms with Crippen LogP contribution in [0.4, 0.5) is 10.5 Å². The summed E-state index contributed by atoms with van der Waals surface area (Å²) in [6, 6.07) is 16.9. The molecule has 31 heavy (non-hydrogen) atoms. The Morgan fingerprint density at radius 3 is 2.42 bits per heavy atom. The van der Waals surface area contributed by atoms with Crippen LogP contribution in [0.3, 0.4) is 0 Å². The molecule has 0 bridgehead atoms. The van der Waals surface area contributed by atoms with E-state index >= 15 is 0 Å². The van der Waals surface area contributed by atoms with Crippen molar-refractivity contribution in [1.82, 2.24) is 4.90 Å².